The highest BCUT2D eigenvalue weighted by Gasteiger charge is 2.24. The number of nitrogens with two attached hydrogens (primary N) is 1. The molecule has 3 nitrogen and oxygen atoms in total. The summed E-state index contributed by atoms with van der Waals surface area (Å²) < 4.78 is 0. The van der Waals surface area contributed by atoms with Crippen LogP contribution in [0.5, 0.6) is 0 Å². The first-order valence-corrected chi connectivity index (χ1v) is 6.46. The molecule has 0 aliphatic heterocycles. The van der Waals surface area contributed by atoms with E-state index in [1.807, 2.05) is 43.0 Å². The minimum atomic E-state index is -0.0473. The number of carbonyl (C=O) groups is 1. The Bertz CT molecular complexity index is 413. The van der Waals surface area contributed by atoms with Crippen LogP contribution in [0.2, 0.25) is 0 Å². The smallest absolute Gasteiger partial charge is 0.254 e. The van der Waals surface area contributed by atoms with Crippen LogP contribution < -0.4 is 5.73 Å². The average molecular weight is 248 g/mol. The Balaban J connectivity index is 2.90. The zero-order chi connectivity index (χ0) is 13.8. The van der Waals surface area contributed by atoms with Crippen LogP contribution in [0.25, 0.3) is 0 Å². The molecule has 0 aliphatic rings. The van der Waals surface area contributed by atoms with Crippen molar-refractivity contribution >= 4 is 5.91 Å². The maximum atomic E-state index is 12.5. The van der Waals surface area contributed by atoms with Crippen molar-refractivity contribution in [1.29, 1.82) is 0 Å². The van der Waals surface area contributed by atoms with Crippen molar-refractivity contribution < 1.29 is 4.79 Å². The van der Waals surface area contributed by atoms with E-state index < -0.39 is 0 Å². The highest BCUT2D eigenvalue weighted by atomic mass is 16.2. The van der Waals surface area contributed by atoms with Crippen LogP contribution in [0.4, 0.5) is 0 Å². The number of hydrogen-bond acceptors (Lipinski definition) is 2. The summed E-state index contributed by atoms with van der Waals surface area (Å²) in [7, 11) is 0. The van der Waals surface area contributed by atoms with Gasteiger partial charge in [-0.25, -0.2) is 0 Å². The summed E-state index contributed by atoms with van der Waals surface area (Å²) in [6, 6.07) is 7.71. The van der Waals surface area contributed by atoms with Crippen LogP contribution >= 0.6 is 0 Å². The molecule has 0 heterocycles. The molecule has 2 N–H and O–H groups in total. The Morgan fingerprint density at radius 2 is 1.94 bits per heavy atom. The largest absolute Gasteiger partial charge is 0.338 e. The SMILES string of the molecule is CCN(CC(C)(C)CN)C(=O)c1ccccc1C. The zero-order valence-corrected chi connectivity index (χ0v) is 11.9. The van der Waals surface area contributed by atoms with Crippen molar-refractivity contribution in [2.24, 2.45) is 11.1 Å². The van der Waals surface area contributed by atoms with Gasteiger partial charge in [0.1, 0.15) is 0 Å². The van der Waals surface area contributed by atoms with Crippen LogP contribution in [0.15, 0.2) is 24.3 Å². The Hall–Kier alpha value is -1.35. The van der Waals surface area contributed by atoms with Crippen LogP contribution in [-0.2, 0) is 0 Å². The lowest BCUT2D eigenvalue weighted by Gasteiger charge is -2.31. The number of aryl methyl sites for hydroxylation is 1. The highest BCUT2D eigenvalue weighted by Crippen LogP contribution is 2.18. The number of carbonyl (C=O) groups excluding carboxylic acids is 1. The van der Waals surface area contributed by atoms with E-state index in [2.05, 4.69) is 13.8 Å². The molecule has 0 radical (unpaired) electrons. The summed E-state index contributed by atoms with van der Waals surface area (Å²) in [6.45, 7) is 10.1. The van der Waals surface area contributed by atoms with Crippen molar-refractivity contribution in [3.8, 4) is 0 Å². The van der Waals surface area contributed by atoms with Crippen LogP contribution in [0.3, 0.4) is 0 Å². The van der Waals surface area contributed by atoms with Gasteiger partial charge < -0.3 is 10.6 Å². The fraction of sp³-hybridized carbons (Fsp3) is 0.533. The molecule has 18 heavy (non-hydrogen) atoms. The topological polar surface area (TPSA) is 46.3 Å². The van der Waals surface area contributed by atoms with Crippen molar-refractivity contribution in [3.63, 3.8) is 0 Å². The molecule has 0 bridgehead atoms. The highest BCUT2D eigenvalue weighted by molar-refractivity contribution is 5.95. The van der Waals surface area contributed by atoms with E-state index in [9.17, 15) is 4.79 Å². The first-order valence-electron chi connectivity index (χ1n) is 6.46. The Labute approximate surface area is 110 Å². The predicted molar refractivity (Wildman–Crippen MR) is 75.6 cm³/mol. The summed E-state index contributed by atoms with van der Waals surface area (Å²) in [6.07, 6.45) is 0. The van der Waals surface area contributed by atoms with Crippen molar-refractivity contribution in [2.45, 2.75) is 27.7 Å². The Kier molecular flexibility index (Phi) is 4.91. The fourth-order valence-corrected chi connectivity index (χ4v) is 1.89. The molecule has 0 spiro atoms. The van der Waals surface area contributed by atoms with Crippen molar-refractivity contribution in [3.05, 3.63) is 35.4 Å². The first kappa shape index (κ1) is 14.7. The van der Waals surface area contributed by atoms with E-state index in [1.165, 1.54) is 0 Å². The third-order valence-electron chi connectivity index (χ3n) is 3.22. The van der Waals surface area contributed by atoms with E-state index in [0.717, 1.165) is 11.1 Å². The monoisotopic (exact) mass is 248 g/mol. The average Bonchev–Trinajstić information content (AvgIpc) is 2.36. The van der Waals surface area contributed by atoms with E-state index in [0.29, 0.717) is 19.6 Å². The molecule has 0 saturated heterocycles. The number of benzene rings is 1. The lowest BCUT2D eigenvalue weighted by molar-refractivity contribution is 0.0700. The zero-order valence-electron chi connectivity index (χ0n) is 11.9. The third kappa shape index (κ3) is 3.57. The van der Waals surface area contributed by atoms with Gasteiger partial charge in [0.2, 0.25) is 0 Å². The van der Waals surface area contributed by atoms with Crippen LogP contribution in [-0.4, -0.2) is 30.4 Å². The second kappa shape index (κ2) is 6.01. The summed E-state index contributed by atoms with van der Waals surface area (Å²) >= 11 is 0. The molecule has 100 valence electrons. The normalized spacial score (nSPS) is 11.4. The van der Waals surface area contributed by atoms with Gasteiger partial charge in [0.25, 0.3) is 5.91 Å². The summed E-state index contributed by atoms with van der Waals surface area (Å²) in [4.78, 5) is 14.3. The maximum absolute atomic E-state index is 12.5. The van der Waals surface area contributed by atoms with E-state index in [1.54, 1.807) is 0 Å². The van der Waals surface area contributed by atoms with Crippen LogP contribution in [0, 0.1) is 12.3 Å². The van der Waals surface area contributed by atoms with E-state index in [4.69, 9.17) is 5.73 Å². The van der Waals surface area contributed by atoms with Gasteiger partial charge in [0.15, 0.2) is 0 Å². The number of nitrogens with zero attached hydrogens (tertiary/aromatic N) is 1. The molecule has 1 amide bonds. The second-order valence-corrected chi connectivity index (χ2v) is 5.50. The van der Waals surface area contributed by atoms with E-state index >= 15 is 0 Å². The van der Waals surface area contributed by atoms with E-state index in [-0.39, 0.29) is 11.3 Å². The predicted octanol–water partition coefficient (Wildman–Crippen LogP) is 2.44. The van der Waals surface area contributed by atoms with Gasteiger partial charge in [-0.15, -0.1) is 0 Å². The summed E-state index contributed by atoms with van der Waals surface area (Å²) in [5, 5.41) is 0. The van der Waals surface area contributed by atoms with Gasteiger partial charge in [-0.3, -0.25) is 4.79 Å². The molecule has 0 saturated carbocycles. The molecular weight excluding hydrogens is 224 g/mol. The molecule has 0 fully saturated rings. The lowest BCUT2D eigenvalue weighted by atomic mass is 9.92. The van der Waals surface area contributed by atoms with Crippen LogP contribution in [0.1, 0.15) is 36.7 Å². The fourth-order valence-electron chi connectivity index (χ4n) is 1.89. The first-order chi connectivity index (χ1) is 8.41. The number of rotatable bonds is 5. The molecule has 0 aromatic heterocycles. The second-order valence-electron chi connectivity index (χ2n) is 5.50. The minimum absolute atomic E-state index is 0.0473. The maximum Gasteiger partial charge on any atom is 0.254 e. The number of hydrogen-bond donors (Lipinski definition) is 1. The Morgan fingerprint density at radius 3 is 2.44 bits per heavy atom. The van der Waals surface area contributed by atoms with Gasteiger partial charge >= 0.3 is 0 Å². The quantitative estimate of drug-likeness (QED) is 0.870. The molecule has 1 aromatic carbocycles. The van der Waals surface area contributed by atoms with Gasteiger partial charge in [-0.1, -0.05) is 32.0 Å². The molecule has 0 atom stereocenters. The molecule has 1 aromatic rings. The molecule has 0 aliphatic carbocycles. The Morgan fingerprint density at radius 1 is 1.33 bits per heavy atom. The molecule has 3 heteroatoms. The van der Waals surface area contributed by atoms with Gasteiger partial charge in [0, 0.05) is 18.7 Å². The lowest BCUT2D eigenvalue weighted by Crippen LogP contribution is -2.42. The number of amides is 1. The summed E-state index contributed by atoms with van der Waals surface area (Å²) in [5.74, 6) is 0.0946. The van der Waals surface area contributed by atoms with Gasteiger partial charge in [0.05, 0.1) is 0 Å². The third-order valence-corrected chi connectivity index (χ3v) is 3.22. The summed E-state index contributed by atoms with van der Waals surface area (Å²) in [5.41, 5.74) is 7.50. The molecular formula is C15H24N2O. The molecule has 1 rings (SSSR count). The van der Waals surface area contributed by atoms with Gasteiger partial charge in [-0.2, -0.15) is 0 Å². The standard InChI is InChI=1S/C15H24N2O/c1-5-17(11-15(3,4)10-16)14(18)13-9-7-6-8-12(13)2/h6-9H,5,10-11,16H2,1-4H3. The van der Waals surface area contributed by atoms with Crippen molar-refractivity contribution in [2.75, 3.05) is 19.6 Å². The minimum Gasteiger partial charge on any atom is -0.338 e. The van der Waals surface area contributed by atoms with Crippen molar-refractivity contribution in [1.82, 2.24) is 4.90 Å². The van der Waals surface area contributed by atoms with Gasteiger partial charge in [-0.05, 0) is 37.4 Å². The molecule has 0 unspecified atom stereocenters.